The number of halogens is 3. The van der Waals surface area contributed by atoms with Crippen LogP contribution in [-0.2, 0) is 20.2 Å². The number of benzene rings is 1. The summed E-state index contributed by atoms with van der Waals surface area (Å²) >= 11 is 17.9. The first-order chi connectivity index (χ1) is 13.1. The number of rotatable bonds is 5. The third-order valence-electron chi connectivity index (χ3n) is 3.63. The second-order valence-corrected chi connectivity index (χ2v) is 10.1. The van der Waals surface area contributed by atoms with Gasteiger partial charge in [-0.2, -0.15) is 9.97 Å². The summed E-state index contributed by atoms with van der Waals surface area (Å²) < 4.78 is 21.4. The van der Waals surface area contributed by atoms with Crippen molar-refractivity contribution in [1.29, 1.82) is 0 Å². The molecule has 3 aromatic rings. The lowest BCUT2D eigenvalue weighted by Crippen LogP contribution is -2.13. The second-order valence-electron chi connectivity index (χ2n) is 5.81. The Balaban J connectivity index is 1.96. The molecule has 7 nitrogen and oxygen atoms in total. The van der Waals surface area contributed by atoms with Gasteiger partial charge in [0.25, 0.3) is 0 Å². The number of hydrogen-bond donors (Lipinski definition) is 1. The number of pyridine rings is 1. The molecule has 0 amide bonds. The van der Waals surface area contributed by atoms with E-state index in [1.54, 1.807) is 24.5 Å². The van der Waals surface area contributed by atoms with Crippen LogP contribution in [0.3, 0.4) is 0 Å². The zero-order valence-corrected chi connectivity index (χ0v) is 17.6. The summed E-state index contributed by atoms with van der Waals surface area (Å²) in [6, 6.07) is 9.78. The lowest BCUT2D eigenvalue weighted by molar-refractivity contribution is 0.602. The molecule has 0 unspecified atom stereocenters. The van der Waals surface area contributed by atoms with E-state index in [-0.39, 0.29) is 22.5 Å². The minimum absolute atomic E-state index is 0.0492. The fraction of sp³-hybridized carbons (Fsp3) is 0.176. The SMILES string of the molecule is CS(=O)(=O)c1ccc(-c2nc(NCc3ccncc3)nc(C(Cl)(Cl)Cl)n2)cc1. The number of alkyl halides is 3. The first kappa shape index (κ1) is 20.7. The van der Waals surface area contributed by atoms with Crippen LogP contribution in [0.1, 0.15) is 11.4 Å². The van der Waals surface area contributed by atoms with E-state index >= 15 is 0 Å². The Hall–Kier alpha value is -2.00. The van der Waals surface area contributed by atoms with Crippen molar-refractivity contribution in [3.63, 3.8) is 0 Å². The van der Waals surface area contributed by atoms with Crippen molar-refractivity contribution in [3.05, 3.63) is 60.2 Å². The zero-order valence-electron chi connectivity index (χ0n) is 14.5. The maximum atomic E-state index is 11.6. The van der Waals surface area contributed by atoms with Gasteiger partial charge in [0.2, 0.25) is 9.74 Å². The highest BCUT2D eigenvalue weighted by Crippen LogP contribution is 2.36. The van der Waals surface area contributed by atoms with Crippen molar-refractivity contribution in [1.82, 2.24) is 19.9 Å². The summed E-state index contributed by atoms with van der Waals surface area (Å²) in [6.07, 6.45) is 4.48. The summed E-state index contributed by atoms with van der Waals surface area (Å²) in [5, 5.41) is 3.06. The Labute approximate surface area is 177 Å². The molecule has 0 aliphatic rings. The van der Waals surface area contributed by atoms with E-state index in [9.17, 15) is 8.42 Å². The number of anilines is 1. The number of hydrogen-bond acceptors (Lipinski definition) is 7. The fourth-order valence-corrected chi connectivity index (χ4v) is 3.13. The highest BCUT2D eigenvalue weighted by molar-refractivity contribution is 7.90. The molecule has 1 N–H and O–H groups in total. The lowest BCUT2D eigenvalue weighted by atomic mass is 10.2. The molecule has 3 rings (SSSR count). The molecule has 0 fully saturated rings. The van der Waals surface area contributed by atoms with Gasteiger partial charge < -0.3 is 5.32 Å². The standard InChI is InChI=1S/C17H14Cl3N5O2S/c1-28(26,27)13-4-2-12(3-5-13)14-23-15(17(18,19)20)25-16(24-14)22-10-11-6-8-21-9-7-11/h2-9H,10H2,1H3,(H,22,23,24,25). The Kier molecular flexibility index (Phi) is 6.04. The Bertz CT molecular complexity index is 1070. The van der Waals surface area contributed by atoms with Crippen molar-refractivity contribution >= 4 is 50.6 Å². The van der Waals surface area contributed by atoms with Gasteiger partial charge in [0.15, 0.2) is 21.5 Å². The van der Waals surface area contributed by atoms with E-state index in [0.29, 0.717) is 12.1 Å². The van der Waals surface area contributed by atoms with Gasteiger partial charge in [-0.3, -0.25) is 4.98 Å². The lowest BCUT2D eigenvalue weighted by Gasteiger charge is -2.13. The number of nitrogens with zero attached hydrogens (tertiary/aromatic N) is 4. The van der Waals surface area contributed by atoms with Gasteiger partial charge >= 0.3 is 0 Å². The van der Waals surface area contributed by atoms with Crippen LogP contribution in [0, 0.1) is 0 Å². The van der Waals surface area contributed by atoms with E-state index in [2.05, 4.69) is 25.3 Å². The van der Waals surface area contributed by atoms with Gasteiger partial charge in [-0.1, -0.05) is 34.8 Å². The largest absolute Gasteiger partial charge is 0.350 e. The van der Waals surface area contributed by atoms with Crippen LogP contribution in [0.5, 0.6) is 0 Å². The Morgan fingerprint density at radius 2 is 1.61 bits per heavy atom. The van der Waals surface area contributed by atoms with Crippen LogP contribution in [0.2, 0.25) is 0 Å². The van der Waals surface area contributed by atoms with Gasteiger partial charge in [0.1, 0.15) is 0 Å². The average Bonchev–Trinajstić information content (AvgIpc) is 2.66. The van der Waals surface area contributed by atoms with Crippen molar-refractivity contribution in [2.24, 2.45) is 0 Å². The fourth-order valence-electron chi connectivity index (χ4n) is 2.24. The molecule has 0 radical (unpaired) electrons. The maximum absolute atomic E-state index is 11.6. The zero-order chi connectivity index (χ0) is 20.4. The quantitative estimate of drug-likeness (QED) is 0.581. The van der Waals surface area contributed by atoms with E-state index < -0.39 is 13.6 Å². The van der Waals surface area contributed by atoms with Crippen molar-refractivity contribution < 1.29 is 8.42 Å². The molecule has 0 atom stereocenters. The van der Waals surface area contributed by atoms with Crippen LogP contribution in [-0.4, -0.2) is 34.6 Å². The predicted octanol–water partition coefficient (Wildman–Crippen LogP) is 3.78. The topological polar surface area (TPSA) is 97.7 Å². The first-order valence-electron chi connectivity index (χ1n) is 7.89. The minimum atomic E-state index is -3.31. The third kappa shape index (κ3) is 5.29. The summed E-state index contributed by atoms with van der Waals surface area (Å²) in [4.78, 5) is 16.9. The Morgan fingerprint density at radius 3 is 2.18 bits per heavy atom. The highest BCUT2D eigenvalue weighted by atomic mass is 35.6. The number of aromatic nitrogens is 4. The molecule has 11 heteroatoms. The molecular formula is C17H14Cl3N5O2S. The molecule has 2 aromatic heterocycles. The monoisotopic (exact) mass is 457 g/mol. The van der Waals surface area contributed by atoms with Crippen LogP contribution in [0.4, 0.5) is 5.95 Å². The first-order valence-corrected chi connectivity index (χ1v) is 10.9. The van der Waals surface area contributed by atoms with Gasteiger partial charge in [0.05, 0.1) is 4.90 Å². The maximum Gasteiger partial charge on any atom is 0.250 e. The van der Waals surface area contributed by atoms with Crippen molar-refractivity contribution in [2.75, 3.05) is 11.6 Å². The summed E-state index contributed by atoms with van der Waals surface area (Å²) in [5.41, 5.74) is 1.52. The summed E-state index contributed by atoms with van der Waals surface area (Å²) in [5.74, 6) is 0.413. The van der Waals surface area contributed by atoms with Gasteiger partial charge in [-0.15, -0.1) is 0 Å². The Morgan fingerprint density at radius 1 is 0.964 bits per heavy atom. The predicted molar refractivity (Wildman–Crippen MR) is 109 cm³/mol. The van der Waals surface area contributed by atoms with Gasteiger partial charge in [-0.05, 0) is 42.0 Å². The summed E-state index contributed by atoms with van der Waals surface area (Å²) in [7, 11) is -3.31. The van der Waals surface area contributed by atoms with Crippen LogP contribution in [0.25, 0.3) is 11.4 Å². The molecule has 0 bridgehead atoms. The molecule has 0 saturated carbocycles. The molecule has 0 saturated heterocycles. The molecular weight excluding hydrogens is 445 g/mol. The van der Waals surface area contributed by atoms with Crippen LogP contribution >= 0.6 is 34.8 Å². The van der Waals surface area contributed by atoms with Gasteiger partial charge in [0, 0.05) is 30.8 Å². The molecule has 146 valence electrons. The molecule has 0 spiro atoms. The normalized spacial score (nSPS) is 12.0. The second kappa shape index (κ2) is 8.16. The molecule has 28 heavy (non-hydrogen) atoms. The highest BCUT2D eigenvalue weighted by Gasteiger charge is 2.28. The summed E-state index contributed by atoms with van der Waals surface area (Å²) in [6.45, 7) is 0.429. The number of nitrogens with one attached hydrogen (secondary N) is 1. The molecule has 1 aromatic carbocycles. The molecule has 0 aliphatic carbocycles. The van der Waals surface area contributed by atoms with Crippen LogP contribution < -0.4 is 5.32 Å². The smallest absolute Gasteiger partial charge is 0.250 e. The van der Waals surface area contributed by atoms with Gasteiger partial charge in [-0.25, -0.2) is 13.4 Å². The van der Waals surface area contributed by atoms with E-state index in [1.807, 2.05) is 12.1 Å². The minimum Gasteiger partial charge on any atom is -0.350 e. The van der Waals surface area contributed by atoms with Crippen LogP contribution in [0.15, 0.2) is 53.7 Å². The van der Waals surface area contributed by atoms with E-state index in [1.165, 1.54) is 12.1 Å². The molecule has 0 aliphatic heterocycles. The van der Waals surface area contributed by atoms with Crippen molar-refractivity contribution in [3.8, 4) is 11.4 Å². The average molecular weight is 459 g/mol. The number of sulfone groups is 1. The van der Waals surface area contributed by atoms with Crippen molar-refractivity contribution in [2.45, 2.75) is 15.2 Å². The van der Waals surface area contributed by atoms with E-state index in [4.69, 9.17) is 34.8 Å². The third-order valence-corrected chi connectivity index (χ3v) is 5.27. The van der Waals surface area contributed by atoms with E-state index in [0.717, 1.165) is 11.8 Å². The molecule has 2 heterocycles.